The first-order valence-corrected chi connectivity index (χ1v) is 8.80. The lowest BCUT2D eigenvalue weighted by molar-refractivity contribution is -0.119. The van der Waals surface area contributed by atoms with Gasteiger partial charge in [-0.3, -0.25) is 9.59 Å². The van der Waals surface area contributed by atoms with E-state index < -0.39 is 0 Å². The Morgan fingerprint density at radius 3 is 2.50 bits per heavy atom. The van der Waals surface area contributed by atoms with E-state index in [0.29, 0.717) is 30.4 Å². The van der Waals surface area contributed by atoms with E-state index in [-0.39, 0.29) is 18.4 Å². The van der Waals surface area contributed by atoms with Gasteiger partial charge in [0, 0.05) is 11.7 Å². The zero-order valence-electron chi connectivity index (χ0n) is 14.5. The summed E-state index contributed by atoms with van der Waals surface area (Å²) in [6.07, 6.45) is 2.07. The van der Waals surface area contributed by atoms with Gasteiger partial charge >= 0.3 is 0 Å². The standard InChI is InChI=1S/C20H23N3O3/c24-19(21-12-13-26-16-6-2-1-3-7-16)14-22-18-9-5-4-8-17(18)20(25)23-15-10-11-15/h1-9,15,22H,10-14H2,(H,21,24)(H,23,25). The van der Waals surface area contributed by atoms with Gasteiger partial charge in [0.1, 0.15) is 12.4 Å². The lowest BCUT2D eigenvalue weighted by atomic mass is 10.1. The van der Waals surface area contributed by atoms with Crippen molar-refractivity contribution < 1.29 is 14.3 Å². The van der Waals surface area contributed by atoms with E-state index in [4.69, 9.17) is 4.74 Å². The van der Waals surface area contributed by atoms with Crippen LogP contribution in [-0.2, 0) is 4.79 Å². The third kappa shape index (κ3) is 5.51. The molecule has 1 saturated carbocycles. The number of nitrogens with one attached hydrogen (secondary N) is 3. The summed E-state index contributed by atoms with van der Waals surface area (Å²) in [6, 6.07) is 16.9. The summed E-state index contributed by atoms with van der Waals surface area (Å²) in [5.41, 5.74) is 1.21. The molecule has 1 aliphatic rings. The van der Waals surface area contributed by atoms with E-state index in [1.807, 2.05) is 42.5 Å². The largest absolute Gasteiger partial charge is 0.492 e. The van der Waals surface area contributed by atoms with Gasteiger partial charge in [0.05, 0.1) is 18.7 Å². The molecule has 0 spiro atoms. The highest BCUT2D eigenvalue weighted by atomic mass is 16.5. The Morgan fingerprint density at radius 1 is 1.00 bits per heavy atom. The fourth-order valence-corrected chi connectivity index (χ4v) is 2.44. The fraction of sp³-hybridized carbons (Fsp3) is 0.300. The van der Waals surface area contributed by atoms with Crippen molar-refractivity contribution in [1.29, 1.82) is 0 Å². The van der Waals surface area contributed by atoms with Crippen LogP contribution in [0.4, 0.5) is 5.69 Å². The van der Waals surface area contributed by atoms with Gasteiger partial charge in [-0.15, -0.1) is 0 Å². The third-order valence-corrected chi connectivity index (χ3v) is 3.96. The Balaban J connectivity index is 1.40. The molecule has 6 nitrogen and oxygen atoms in total. The zero-order chi connectivity index (χ0) is 18.2. The molecule has 2 aromatic rings. The van der Waals surface area contributed by atoms with Gasteiger partial charge in [0.25, 0.3) is 5.91 Å². The molecule has 1 fully saturated rings. The molecule has 0 atom stereocenters. The van der Waals surface area contributed by atoms with Crippen molar-refractivity contribution in [3.05, 3.63) is 60.2 Å². The smallest absolute Gasteiger partial charge is 0.253 e. The highest BCUT2D eigenvalue weighted by Gasteiger charge is 2.24. The molecule has 0 unspecified atom stereocenters. The summed E-state index contributed by atoms with van der Waals surface area (Å²) in [7, 11) is 0. The quantitative estimate of drug-likeness (QED) is 0.604. The van der Waals surface area contributed by atoms with Gasteiger partial charge in [-0.05, 0) is 37.1 Å². The molecule has 3 N–H and O–H groups in total. The van der Waals surface area contributed by atoms with E-state index in [9.17, 15) is 9.59 Å². The predicted molar refractivity (Wildman–Crippen MR) is 100 cm³/mol. The maximum absolute atomic E-state index is 12.2. The molecule has 136 valence electrons. The van der Waals surface area contributed by atoms with Gasteiger partial charge in [-0.2, -0.15) is 0 Å². The van der Waals surface area contributed by atoms with Crippen molar-refractivity contribution in [2.45, 2.75) is 18.9 Å². The maximum atomic E-state index is 12.2. The number of amides is 2. The fourth-order valence-electron chi connectivity index (χ4n) is 2.44. The summed E-state index contributed by atoms with van der Waals surface area (Å²) in [4.78, 5) is 24.2. The van der Waals surface area contributed by atoms with Crippen LogP contribution in [0.3, 0.4) is 0 Å². The normalized spacial score (nSPS) is 12.9. The molecule has 6 heteroatoms. The highest BCUT2D eigenvalue weighted by molar-refractivity contribution is 6.00. The molecule has 0 saturated heterocycles. The number of benzene rings is 2. The Morgan fingerprint density at radius 2 is 1.73 bits per heavy atom. The summed E-state index contributed by atoms with van der Waals surface area (Å²) in [6.45, 7) is 0.911. The van der Waals surface area contributed by atoms with E-state index in [0.717, 1.165) is 18.6 Å². The van der Waals surface area contributed by atoms with Crippen LogP contribution in [0.2, 0.25) is 0 Å². The van der Waals surface area contributed by atoms with Crippen LogP contribution in [0, 0.1) is 0 Å². The first-order chi connectivity index (χ1) is 12.7. The number of rotatable bonds is 9. The number of carbonyl (C=O) groups excluding carboxylic acids is 2. The second-order valence-electron chi connectivity index (χ2n) is 6.16. The summed E-state index contributed by atoms with van der Waals surface area (Å²) >= 11 is 0. The van der Waals surface area contributed by atoms with Crippen LogP contribution in [0.1, 0.15) is 23.2 Å². The van der Waals surface area contributed by atoms with Crippen LogP contribution in [0.25, 0.3) is 0 Å². The molecule has 2 aromatic carbocycles. The first-order valence-electron chi connectivity index (χ1n) is 8.80. The zero-order valence-corrected chi connectivity index (χ0v) is 14.5. The minimum absolute atomic E-state index is 0.0963. The maximum Gasteiger partial charge on any atom is 0.253 e. The van der Waals surface area contributed by atoms with Gasteiger partial charge < -0.3 is 20.7 Å². The summed E-state index contributed by atoms with van der Waals surface area (Å²) < 4.78 is 5.52. The predicted octanol–water partition coefficient (Wildman–Crippen LogP) is 2.19. The molecular weight excluding hydrogens is 330 g/mol. The van der Waals surface area contributed by atoms with Gasteiger partial charge in [0.2, 0.25) is 5.91 Å². The van der Waals surface area contributed by atoms with E-state index in [1.54, 1.807) is 12.1 Å². The van der Waals surface area contributed by atoms with Gasteiger partial charge in [-0.1, -0.05) is 30.3 Å². The number of hydrogen-bond donors (Lipinski definition) is 3. The first kappa shape index (κ1) is 17.8. The van der Waals surface area contributed by atoms with E-state index in [2.05, 4.69) is 16.0 Å². The molecule has 0 radical (unpaired) electrons. The van der Waals surface area contributed by atoms with Crippen molar-refractivity contribution >= 4 is 17.5 Å². The topological polar surface area (TPSA) is 79.5 Å². The Kier molecular flexibility index (Phi) is 6.09. The lowest BCUT2D eigenvalue weighted by Crippen LogP contribution is -2.33. The molecule has 0 aliphatic heterocycles. The van der Waals surface area contributed by atoms with Crippen molar-refractivity contribution in [2.24, 2.45) is 0 Å². The van der Waals surface area contributed by atoms with Crippen LogP contribution >= 0.6 is 0 Å². The monoisotopic (exact) mass is 353 g/mol. The SMILES string of the molecule is O=C(CNc1ccccc1C(=O)NC1CC1)NCCOc1ccccc1. The van der Waals surface area contributed by atoms with Gasteiger partial charge in [0.15, 0.2) is 0 Å². The molecular formula is C20H23N3O3. The average molecular weight is 353 g/mol. The van der Waals surface area contributed by atoms with Crippen LogP contribution < -0.4 is 20.7 Å². The molecule has 2 amide bonds. The molecule has 0 heterocycles. The van der Waals surface area contributed by atoms with E-state index >= 15 is 0 Å². The molecule has 0 bridgehead atoms. The molecule has 1 aliphatic carbocycles. The van der Waals surface area contributed by atoms with Crippen LogP contribution in [0.15, 0.2) is 54.6 Å². The summed E-state index contributed by atoms with van der Waals surface area (Å²) in [5, 5.41) is 8.78. The number of ether oxygens (including phenoxy) is 1. The Labute approximate surface area is 152 Å². The number of hydrogen-bond acceptors (Lipinski definition) is 4. The Hall–Kier alpha value is -3.02. The molecule has 3 rings (SSSR count). The van der Waals surface area contributed by atoms with Crippen LogP contribution in [-0.4, -0.2) is 37.6 Å². The molecule has 0 aromatic heterocycles. The average Bonchev–Trinajstić information content (AvgIpc) is 3.48. The van der Waals surface area contributed by atoms with Crippen LogP contribution in [0.5, 0.6) is 5.75 Å². The van der Waals surface area contributed by atoms with Crippen molar-refractivity contribution in [2.75, 3.05) is 25.0 Å². The van der Waals surface area contributed by atoms with Gasteiger partial charge in [-0.25, -0.2) is 0 Å². The number of carbonyl (C=O) groups is 2. The molecule has 26 heavy (non-hydrogen) atoms. The highest BCUT2D eigenvalue weighted by Crippen LogP contribution is 2.21. The summed E-state index contributed by atoms with van der Waals surface area (Å²) in [5.74, 6) is 0.516. The number of para-hydroxylation sites is 2. The van der Waals surface area contributed by atoms with Crippen molar-refractivity contribution in [3.63, 3.8) is 0 Å². The van der Waals surface area contributed by atoms with E-state index in [1.165, 1.54) is 0 Å². The Bertz CT molecular complexity index is 745. The second-order valence-corrected chi connectivity index (χ2v) is 6.16. The lowest BCUT2D eigenvalue weighted by Gasteiger charge is -2.12. The van der Waals surface area contributed by atoms with Crippen molar-refractivity contribution in [3.8, 4) is 5.75 Å². The number of anilines is 1. The third-order valence-electron chi connectivity index (χ3n) is 3.96. The van der Waals surface area contributed by atoms with Crippen molar-refractivity contribution in [1.82, 2.24) is 10.6 Å². The minimum Gasteiger partial charge on any atom is -0.492 e. The minimum atomic E-state index is -0.154. The second kappa shape index (κ2) is 8.89.